The highest BCUT2D eigenvalue weighted by molar-refractivity contribution is 7.12. The molecule has 0 amide bonds. The molecule has 1 aliphatic rings. The third-order valence-corrected chi connectivity index (χ3v) is 6.24. The number of halogens is 1. The number of benzene rings is 2. The monoisotopic (exact) mass is 412 g/mol. The lowest BCUT2D eigenvalue weighted by atomic mass is 9.99. The van der Waals surface area contributed by atoms with Crippen LogP contribution in [0, 0.1) is 5.82 Å². The topological polar surface area (TPSA) is 84.3 Å². The standard InChI is InChI=1S/C21H17FN2O4S/c1-28-19-15(11-4-2-10(9-25)3-5-11)14(22)8-13-17(19)24(12-6-7-12)21-16(18(13)26)20(27)23-29-21/h2-5,8,12,25H,6-7,9H2,1H3,(H,23,27). The van der Waals surface area contributed by atoms with Gasteiger partial charge in [-0.05, 0) is 41.6 Å². The summed E-state index contributed by atoms with van der Waals surface area (Å²) in [4.78, 5) is 25.8. The van der Waals surface area contributed by atoms with Gasteiger partial charge in [-0.15, -0.1) is 0 Å². The number of H-pyrrole nitrogens is 1. The fourth-order valence-corrected chi connectivity index (χ4v) is 4.77. The predicted molar refractivity (Wildman–Crippen MR) is 110 cm³/mol. The van der Waals surface area contributed by atoms with Gasteiger partial charge in [0.15, 0.2) is 5.75 Å². The number of nitrogens with zero attached hydrogens (tertiary/aromatic N) is 1. The minimum Gasteiger partial charge on any atom is -0.494 e. The number of aromatic nitrogens is 2. The van der Waals surface area contributed by atoms with Crippen molar-refractivity contribution in [1.82, 2.24) is 8.94 Å². The quantitative estimate of drug-likeness (QED) is 0.537. The van der Waals surface area contributed by atoms with Crippen LogP contribution in [0.15, 0.2) is 39.9 Å². The summed E-state index contributed by atoms with van der Waals surface area (Å²) in [5, 5.41) is 9.47. The SMILES string of the molecule is COc1c(-c2ccc(CO)cc2)c(F)cc2c(=O)c3c(=O)[nH]sc3n(C3CC3)c12. The van der Waals surface area contributed by atoms with Crippen LogP contribution in [-0.2, 0) is 6.61 Å². The Bertz CT molecular complexity index is 1380. The lowest BCUT2D eigenvalue weighted by Crippen LogP contribution is -2.16. The van der Waals surface area contributed by atoms with Crippen LogP contribution in [0.25, 0.3) is 32.2 Å². The van der Waals surface area contributed by atoms with E-state index >= 15 is 4.39 Å². The van der Waals surface area contributed by atoms with E-state index in [0.717, 1.165) is 24.4 Å². The van der Waals surface area contributed by atoms with Crippen molar-refractivity contribution in [3.05, 3.63) is 62.3 Å². The van der Waals surface area contributed by atoms with Crippen LogP contribution in [0.3, 0.4) is 0 Å². The Morgan fingerprint density at radius 3 is 2.62 bits per heavy atom. The highest BCUT2D eigenvalue weighted by Crippen LogP contribution is 2.45. The summed E-state index contributed by atoms with van der Waals surface area (Å²) in [6, 6.07) is 8.19. The summed E-state index contributed by atoms with van der Waals surface area (Å²) in [6.07, 6.45) is 1.83. The van der Waals surface area contributed by atoms with Gasteiger partial charge in [0.05, 0.1) is 30.2 Å². The summed E-state index contributed by atoms with van der Waals surface area (Å²) in [6.45, 7) is -0.108. The Morgan fingerprint density at radius 2 is 2.00 bits per heavy atom. The first kappa shape index (κ1) is 18.1. The van der Waals surface area contributed by atoms with Crippen LogP contribution in [0.4, 0.5) is 4.39 Å². The van der Waals surface area contributed by atoms with Gasteiger partial charge in [0.2, 0.25) is 5.43 Å². The van der Waals surface area contributed by atoms with E-state index < -0.39 is 16.8 Å². The van der Waals surface area contributed by atoms with Crippen LogP contribution < -0.4 is 15.7 Å². The van der Waals surface area contributed by atoms with E-state index in [1.807, 2.05) is 4.57 Å². The van der Waals surface area contributed by atoms with Crippen molar-refractivity contribution >= 4 is 32.7 Å². The zero-order valence-corrected chi connectivity index (χ0v) is 16.3. The molecule has 0 saturated heterocycles. The Hall–Kier alpha value is -2.97. The zero-order valence-electron chi connectivity index (χ0n) is 15.5. The second-order valence-electron chi connectivity index (χ2n) is 7.16. The number of methoxy groups -OCH3 is 1. The molecule has 8 heteroatoms. The average molecular weight is 412 g/mol. The van der Waals surface area contributed by atoms with Gasteiger partial charge in [-0.2, -0.15) is 0 Å². The number of aliphatic hydroxyl groups is 1. The third-order valence-electron chi connectivity index (χ3n) is 5.36. The minimum absolute atomic E-state index is 0.0656. The van der Waals surface area contributed by atoms with E-state index in [4.69, 9.17) is 4.74 Å². The van der Waals surface area contributed by atoms with E-state index in [9.17, 15) is 14.7 Å². The van der Waals surface area contributed by atoms with Gasteiger partial charge in [-0.25, -0.2) is 4.39 Å². The molecule has 5 rings (SSSR count). The van der Waals surface area contributed by atoms with Crippen molar-refractivity contribution in [3.8, 4) is 16.9 Å². The number of rotatable bonds is 4. The molecule has 148 valence electrons. The normalized spacial score (nSPS) is 14.0. The molecule has 2 aromatic heterocycles. The van der Waals surface area contributed by atoms with E-state index in [1.165, 1.54) is 13.2 Å². The molecule has 1 fully saturated rings. The minimum atomic E-state index is -0.600. The molecule has 0 spiro atoms. The first-order chi connectivity index (χ1) is 14.0. The molecule has 2 N–H and O–H groups in total. The molecule has 2 aromatic carbocycles. The zero-order chi connectivity index (χ0) is 20.3. The van der Waals surface area contributed by atoms with Gasteiger partial charge in [-0.3, -0.25) is 14.0 Å². The maximum atomic E-state index is 15.2. The highest BCUT2D eigenvalue weighted by atomic mass is 32.1. The van der Waals surface area contributed by atoms with Crippen LogP contribution in [0.5, 0.6) is 5.75 Å². The van der Waals surface area contributed by atoms with Crippen LogP contribution in [0.2, 0.25) is 0 Å². The number of hydrogen-bond donors (Lipinski definition) is 2. The van der Waals surface area contributed by atoms with Crippen molar-refractivity contribution in [3.63, 3.8) is 0 Å². The van der Waals surface area contributed by atoms with Crippen LogP contribution in [-0.4, -0.2) is 21.2 Å². The summed E-state index contributed by atoms with van der Waals surface area (Å²) >= 11 is 1.12. The smallest absolute Gasteiger partial charge is 0.271 e. The number of nitrogens with one attached hydrogen (secondary N) is 1. The molecular formula is C21H17FN2O4S. The second-order valence-corrected chi connectivity index (χ2v) is 7.96. The molecule has 1 aliphatic carbocycles. The van der Waals surface area contributed by atoms with Gasteiger partial charge in [-0.1, -0.05) is 24.3 Å². The molecule has 0 bridgehead atoms. The molecule has 2 heterocycles. The number of ether oxygens (including phenoxy) is 1. The first-order valence-corrected chi connectivity index (χ1v) is 10.0. The van der Waals surface area contributed by atoms with Crippen LogP contribution >= 0.6 is 11.5 Å². The van der Waals surface area contributed by atoms with E-state index in [1.54, 1.807) is 24.3 Å². The summed E-state index contributed by atoms with van der Waals surface area (Å²) in [5.74, 6) is -0.333. The second kappa shape index (κ2) is 6.53. The average Bonchev–Trinajstić information content (AvgIpc) is 3.50. The molecular weight excluding hydrogens is 395 g/mol. The number of aromatic amines is 1. The highest BCUT2D eigenvalue weighted by Gasteiger charge is 2.31. The summed E-state index contributed by atoms with van der Waals surface area (Å²) in [7, 11) is 1.45. The third kappa shape index (κ3) is 2.63. The lowest BCUT2D eigenvalue weighted by molar-refractivity contribution is 0.282. The van der Waals surface area contributed by atoms with Crippen molar-refractivity contribution in [2.24, 2.45) is 0 Å². The van der Waals surface area contributed by atoms with Crippen molar-refractivity contribution in [2.45, 2.75) is 25.5 Å². The van der Waals surface area contributed by atoms with Crippen molar-refractivity contribution in [2.75, 3.05) is 7.11 Å². The summed E-state index contributed by atoms with van der Waals surface area (Å²) in [5.41, 5.74) is 1.10. The van der Waals surface area contributed by atoms with E-state index in [2.05, 4.69) is 4.37 Å². The van der Waals surface area contributed by atoms with Gasteiger partial charge in [0.1, 0.15) is 16.0 Å². The number of aliphatic hydroxyl groups excluding tert-OH is 1. The Labute approximate surface area is 167 Å². The number of pyridine rings is 1. The Balaban J connectivity index is 1.95. The van der Waals surface area contributed by atoms with Gasteiger partial charge in [0.25, 0.3) is 5.56 Å². The Kier molecular flexibility index (Phi) is 4.07. The molecule has 0 atom stereocenters. The van der Waals surface area contributed by atoms with E-state index in [0.29, 0.717) is 21.5 Å². The molecule has 0 aliphatic heterocycles. The van der Waals surface area contributed by atoms with Crippen molar-refractivity contribution < 1.29 is 14.2 Å². The maximum absolute atomic E-state index is 15.2. The molecule has 0 radical (unpaired) electrons. The van der Waals surface area contributed by atoms with Gasteiger partial charge >= 0.3 is 0 Å². The summed E-state index contributed by atoms with van der Waals surface area (Å²) < 4.78 is 25.5. The molecule has 0 unspecified atom stereocenters. The fourth-order valence-electron chi connectivity index (χ4n) is 3.85. The lowest BCUT2D eigenvalue weighted by Gasteiger charge is -2.18. The van der Waals surface area contributed by atoms with Gasteiger partial charge < -0.3 is 14.4 Å². The molecule has 6 nitrogen and oxygen atoms in total. The van der Waals surface area contributed by atoms with Crippen molar-refractivity contribution in [1.29, 1.82) is 0 Å². The maximum Gasteiger partial charge on any atom is 0.271 e. The fraction of sp³-hybridized carbons (Fsp3) is 0.238. The molecule has 4 aromatic rings. The number of fused-ring (bicyclic) bond motifs is 2. The van der Waals surface area contributed by atoms with E-state index in [-0.39, 0.29) is 34.7 Å². The molecule has 29 heavy (non-hydrogen) atoms. The molecule has 1 saturated carbocycles. The van der Waals surface area contributed by atoms with Crippen LogP contribution in [0.1, 0.15) is 24.4 Å². The van der Waals surface area contributed by atoms with Gasteiger partial charge in [0, 0.05) is 6.04 Å². The first-order valence-electron chi connectivity index (χ1n) is 9.21. The Morgan fingerprint density at radius 1 is 1.28 bits per heavy atom. The predicted octanol–water partition coefficient (Wildman–Crippen LogP) is 3.55. The number of hydrogen-bond acceptors (Lipinski definition) is 5. The largest absolute Gasteiger partial charge is 0.494 e.